The molecule has 0 aromatic carbocycles. The molecule has 0 atom stereocenters. The monoisotopic (exact) mass is 167 g/mol. The lowest BCUT2D eigenvalue weighted by Gasteiger charge is -1.86. The Kier molecular flexibility index (Phi) is 7.87. The van der Waals surface area contributed by atoms with Crippen LogP contribution in [0.25, 0.3) is 0 Å². The second-order valence-electron chi connectivity index (χ2n) is 3.10. The highest BCUT2D eigenvalue weighted by Gasteiger charge is 1.75. The molecule has 0 saturated carbocycles. The minimum Gasteiger partial charge on any atom is -0.367 e. The molecule has 0 aliphatic heterocycles. The first-order chi connectivity index (χ1) is 5.81. The maximum absolute atomic E-state index is 2.93. The third-order valence-electron chi connectivity index (χ3n) is 1.71. The van der Waals surface area contributed by atoms with Gasteiger partial charge in [0.25, 0.3) is 0 Å². The van der Waals surface area contributed by atoms with Gasteiger partial charge < -0.3 is 4.98 Å². The smallest absolute Gasteiger partial charge is 0.00345 e. The lowest BCUT2D eigenvalue weighted by Crippen LogP contribution is -1.66. The number of nitrogens with one attached hydrogen (secondary N) is 1. The summed E-state index contributed by atoms with van der Waals surface area (Å²) in [6.45, 7) is 6.52. The van der Waals surface area contributed by atoms with Crippen LogP contribution in [0.4, 0.5) is 0 Å². The van der Waals surface area contributed by atoms with Gasteiger partial charge >= 0.3 is 0 Å². The Hall–Kier alpha value is -0.720. The molecule has 1 nitrogen and oxygen atoms in total. The standard InChI is InChI=1S/C6H14.C5H7N/c1-3-5-6-4-2;1-5-2-3-6-4-5/h3-6H2,1-2H3;2-4,6H,1H3. The number of unbranched alkanes of at least 4 members (excludes halogenated alkanes) is 3. The van der Waals surface area contributed by atoms with E-state index >= 15 is 0 Å². The normalized spacial score (nSPS) is 8.92. The summed E-state index contributed by atoms with van der Waals surface area (Å²) in [6, 6.07) is 2.03. The van der Waals surface area contributed by atoms with Gasteiger partial charge in [-0.05, 0) is 18.6 Å². The van der Waals surface area contributed by atoms with Crippen LogP contribution < -0.4 is 0 Å². The minimum absolute atomic E-state index is 1.29. The van der Waals surface area contributed by atoms with E-state index in [0.29, 0.717) is 0 Å². The van der Waals surface area contributed by atoms with Crippen molar-refractivity contribution >= 4 is 0 Å². The van der Waals surface area contributed by atoms with E-state index in [4.69, 9.17) is 0 Å². The summed E-state index contributed by atoms with van der Waals surface area (Å²) in [5, 5.41) is 0. The highest BCUT2D eigenvalue weighted by atomic mass is 14.6. The summed E-state index contributed by atoms with van der Waals surface area (Å²) in [4.78, 5) is 2.93. The van der Waals surface area contributed by atoms with Crippen LogP contribution in [-0.4, -0.2) is 4.98 Å². The third kappa shape index (κ3) is 7.39. The molecule has 1 aromatic heterocycles. The van der Waals surface area contributed by atoms with Crippen LogP contribution in [0.3, 0.4) is 0 Å². The van der Waals surface area contributed by atoms with Crippen molar-refractivity contribution in [1.29, 1.82) is 0 Å². The van der Waals surface area contributed by atoms with E-state index in [0.717, 1.165) is 0 Å². The number of H-pyrrole nitrogens is 1. The molecular formula is C11H21N. The van der Waals surface area contributed by atoms with Gasteiger partial charge in [-0.3, -0.25) is 0 Å². The Morgan fingerprint density at radius 2 is 1.75 bits per heavy atom. The zero-order valence-electron chi connectivity index (χ0n) is 8.56. The van der Waals surface area contributed by atoms with Crippen LogP contribution in [-0.2, 0) is 0 Å². The predicted octanol–water partition coefficient (Wildman–Crippen LogP) is 3.91. The number of hydrogen-bond donors (Lipinski definition) is 1. The Bertz CT molecular complexity index is 150. The van der Waals surface area contributed by atoms with Crippen molar-refractivity contribution in [2.75, 3.05) is 0 Å². The molecule has 0 amide bonds. The van der Waals surface area contributed by atoms with Gasteiger partial charge in [-0.2, -0.15) is 0 Å². The second-order valence-corrected chi connectivity index (χ2v) is 3.10. The van der Waals surface area contributed by atoms with Crippen molar-refractivity contribution in [3.8, 4) is 0 Å². The fourth-order valence-electron chi connectivity index (χ4n) is 0.907. The van der Waals surface area contributed by atoms with E-state index in [-0.39, 0.29) is 0 Å². The first-order valence-electron chi connectivity index (χ1n) is 4.90. The van der Waals surface area contributed by atoms with Crippen LogP contribution in [0.15, 0.2) is 18.5 Å². The summed E-state index contributed by atoms with van der Waals surface area (Å²) < 4.78 is 0. The number of aromatic amines is 1. The molecule has 1 heteroatoms. The molecule has 1 heterocycles. The van der Waals surface area contributed by atoms with Gasteiger partial charge in [0.05, 0.1) is 0 Å². The van der Waals surface area contributed by atoms with Crippen LogP contribution in [0.2, 0.25) is 0 Å². The summed E-state index contributed by atoms with van der Waals surface area (Å²) in [5.41, 5.74) is 1.29. The number of aromatic nitrogens is 1. The molecular weight excluding hydrogens is 146 g/mol. The zero-order chi connectivity index (χ0) is 9.23. The van der Waals surface area contributed by atoms with Crippen molar-refractivity contribution in [2.45, 2.75) is 46.5 Å². The summed E-state index contributed by atoms with van der Waals surface area (Å²) in [5.74, 6) is 0. The highest BCUT2D eigenvalue weighted by Crippen LogP contribution is 1.95. The van der Waals surface area contributed by atoms with Gasteiger partial charge in [0.2, 0.25) is 0 Å². The van der Waals surface area contributed by atoms with E-state index in [1.165, 1.54) is 31.2 Å². The Morgan fingerprint density at radius 1 is 1.17 bits per heavy atom. The van der Waals surface area contributed by atoms with Gasteiger partial charge in [0.1, 0.15) is 0 Å². The van der Waals surface area contributed by atoms with Gasteiger partial charge in [-0.1, -0.05) is 39.5 Å². The average molecular weight is 167 g/mol. The van der Waals surface area contributed by atoms with Crippen molar-refractivity contribution in [1.82, 2.24) is 4.98 Å². The largest absolute Gasteiger partial charge is 0.367 e. The molecule has 0 radical (unpaired) electrons. The van der Waals surface area contributed by atoms with E-state index in [1.807, 2.05) is 18.5 Å². The van der Waals surface area contributed by atoms with Crippen molar-refractivity contribution < 1.29 is 0 Å². The molecule has 0 unspecified atom stereocenters. The quantitative estimate of drug-likeness (QED) is 0.657. The van der Waals surface area contributed by atoms with Crippen molar-refractivity contribution in [2.24, 2.45) is 0 Å². The molecule has 1 rings (SSSR count). The molecule has 1 N–H and O–H groups in total. The highest BCUT2D eigenvalue weighted by molar-refractivity contribution is 5.03. The molecule has 1 aromatic rings. The van der Waals surface area contributed by atoms with Crippen LogP contribution in [0.1, 0.15) is 45.1 Å². The van der Waals surface area contributed by atoms with Crippen LogP contribution in [0.5, 0.6) is 0 Å². The minimum atomic E-state index is 1.29. The molecule has 0 aliphatic carbocycles. The van der Waals surface area contributed by atoms with E-state index in [1.54, 1.807) is 0 Å². The van der Waals surface area contributed by atoms with Crippen molar-refractivity contribution in [3.63, 3.8) is 0 Å². The number of rotatable bonds is 3. The fourth-order valence-corrected chi connectivity index (χ4v) is 0.907. The fraction of sp³-hybridized carbons (Fsp3) is 0.636. The van der Waals surface area contributed by atoms with Crippen molar-refractivity contribution in [3.05, 3.63) is 24.0 Å². The average Bonchev–Trinajstić information content (AvgIpc) is 2.53. The van der Waals surface area contributed by atoms with Gasteiger partial charge in [0, 0.05) is 12.4 Å². The lowest BCUT2D eigenvalue weighted by molar-refractivity contribution is 0.702. The SMILES string of the molecule is CCCCCC.Cc1cc[nH]c1. The van der Waals surface area contributed by atoms with E-state index < -0.39 is 0 Å². The number of aryl methyl sites for hydroxylation is 1. The molecule has 70 valence electrons. The van der Waals surface area contributed by atoms with Gasteiger partial charge in [0.15, 0.2) is 0 Å². The Balaban J connectivity index is 0.000000202. The topological polar surface area (TPSA) is 15.8 Å². The summed E-state index contributed by atoms with van der Waals surface area (Å²) in [6.07, 6.45) is 9.41. The molecule has 12 heavy (non-hydrogen) atoms. The third-order valence-corrected chi connectivity index (χ3v) is 1.71. The molecule has 0 bridgehead atoms. The van der Waals surface area contributed by atoms with Crippen LogP contribution in [0, 0.1) is 6.92 Å². The maximum atomic E-state index is 2.93. The van der Waals surface area contributed by atoms with Gasteiger partial charge in [-0.15, -0.1) is 0 Å². The number of hydrogen-bond acceptors (Lipinski definition) is 0. The first-order valence-corrected chi connectivity index (χ1v) is 4.90. The molecule has 0 spiro atoms. The van der Waals surface area contributed by atoms with E-state index in [9.17, 15) is 0 Å². The van der Waals surface area contributed by atoms with Crippen LogP contribution >= 0.6 is 0 Å². The second kappa shape index (κ2) is 8.38. The Labute approximate surface area is 76.2 Å². The Morgan fingerprint density at radius 3 is 1.92 bits per heavy atom. The van der Waals surface area contributed by atoms with E-state index in [2.05, 4.69) is 25.8 Å². The molecule has 0 fully saturated rings. The predicted molar refractivity (Wildman–Crippen MR) is 55.3 cm³/mol. The summed E-state index contributed by atoms with van der Waals surface area (Å²) >= 11 is 0. The van der Waals surface area contributed by atoms with Gasteiger partial charge in [-0.25, -0.2) is 0 Å². The summed E-state index contributed by atoms with van der Waals surface area (Å²) in [7, 11) is 0. The molecule has 0 aliphatic rings. The molecule has 0 saturated heterocycles. The zero-order valence-corrected chi connectivity index (χ0v) is 8.56. The maximum Gasteiger partial charge on any atom is 0.00345 e. The lowest BCUT2D eigenvalue weighted by atomic mass is 10.2. The first kappa shape index (κ1) is 11.3.